The predicted octanol–water partition coefficient (Wildman–Crippen LogP) is 10.7. The van der Waals surface area contributed by atoms with E-state index in [2.05, 4.69) is 136 Å². The van der Waals surface area contributed by atoms with Crippen LogP contribution in [0.5, 0.6) is 0 Å². The molecule has 186 valence electrons. The molecular formula is C36H24BrNO. The van der Waals surface area contributed by atoms with E-state index in [1.54, 1.807) is 0 Å². The number of allylic oxidation sites excluding steroid dienone is 4. The van der Waals surface area contributed by atoms with Crippen LogP contribution in [0.2, 0.25) is 0 Å². The minimum absolute atomic E-state index is 0.254. The van der Waals surface area contributed by atoms with Crippen LogP contribution in [0.4, 0.5) is 0 Å². The standard InChI is InChI=1S/C36H24BrNO/c37-31-13-7-15-35-36(31)30-22-26(17-19-34(30)39-35)25-16-18-33-29(21-25)28-12-4-5-14-32(28)38(33)27-11-6-10-24(20-27)23-8-2-1-3-9-23/h1-19,21-22,27H,20H2. The monoisotopic (exact) mass is 565 g/mol. The Morgan fingerprint density at radius 2 is 1.41 bits per heavy atom. The molecule has 2 aromatic heterocycles. The maximum absolute atomic E-state index is 6.12. The lowest BCUT2D eigenvalue weighted by Crippen LogP contribution is -2.09. The summed E-state index contributed by atoms with van der Waals surface area (Å²) in [6, 6.07) is 39.3. The summed E-state index contributed by atoms with van der Waals surface area (Å²) < 4.78 is 9.69. The van der Waals surface area contributed by atoms with Gasteiger partial charge in [0.2, 0.25) is 0 Å². The zero-order valence-corrected chi connectivity index (χ0v) is 22.7. The number of hydrogen-bond acceptors (Lipinski definition) is 1. The number of furan rings is 1. The molecule has 3 heteroatoms. The number of nitrogens with zero attached hydrogens (tertiary/aromatic N) is 1. The minimum Gasteiger partial charge on any atom is -0.456 e. The number of benzene rings is 5. The van der Waals surface area contributed by atoms with Crippen molar-refractivity contribution >= 4 is 65.2 Å². The molecule has 0 saturated carbocycles. The minimum atomic E-state index is 0.254. The first-order valence-electron chi connectivity index (χ1n) is 13.3. The smallest absolute Gasteiger partial charge is 0.136 e. The Morgan fingerprint density at radius 1 is 0.641 bits per heavy atom. The van der Waals surface area contributed by atoms with Gasteiger partial charge in [-0.2, -0.15) is 0 Å². The van der Waals surface area contributed by atoms with Gasteiger partial charge in [0.25, 0.3) is 0 Å². The Balaban J connectivity index is 1.27. The normalized spacial score (nSPS) is 15.5. The van der Waals surface area contributed by atoms with Gasteiger partial charge in [0.05, 0.1) is 6.04 Å². The van der Waals surface area contributed by atoms with E-state index >= 15 is 0 Å². The van der Waals surface area contributed by atoms with Gasteiger partial charge in [-0.15, -0.1) is 0 Å². The highest BCUT2D eigenvalue weighted by Gasteiger charge is 2.20. The molecule has 7 aromatic rings. The highest BCUT2D eigenvalue weighted by molar-refractivity contribution is 9.10. The molecule has 1 unspecified atom stereocenters. The van der Waals surface area contributed by atoms with Gasteiger partial charge in [-0.05, 0) is 71.1 Å². The molecule has 1 aliphatic carbocycles. The van der Waals surface area contributed by atoms with Crippen LogP contribution in [0.25, 0.3) is 60.4 Å². The first kappa shape index (κ1) is 22.6. The molecule has 39 heavy (non-hydrogen) atoms. The fraction of sp³-hybridized carbons (Fsp3) is 0.0556. The summed E-state index contributed by atoms with van der Waals surface area (Å²) in [6.45, 7) is 0. The summed E-state index contributed by atoms with van der Waals surface area (Å²) >= 11 is 3.72. The van der Waals surface area contributed by atoms with Gasteiger partial charge in [0.1, 0.15) is 11.2 Å². The largest absolute Gasteiger partial charge is 0.456 e. The third kappa shape index (κ3) is 3.61. The summed E-state index contributed by atoms with van der Waals surface area (Å²) in [5, 5.41) is 4.82. The van der Waals surface area contributed by atoms with Gasteiger partial charge in [0.15, 0.2) is 0 Å². The Hall–Kier alpha value is -4.34. The number of rotatable bonds is 3. The molecule has 0 radical (unpaired) electrons. The van der Waals surface area contributed by atoms with Crippen molar-refractivity contribution in [2.24, 2.45) is 0 Å². The fourth-order valence-corrected chi connectivity index (χ4v) is 6.77. The van der Waals surface area contributed by atoms with Gasteiger partial charge < -0.3 is 8.98 Å². The van der Waals surface area contributed by atoms with Crippen molar-refractivity contribution in [1.29, 1.82) is 0 Å². The Morgan fingerprint density at radius 3 is 2.31 bits per heavy atom. The fourth-order valence-electron chi connectivity index (χ4n) is 6.21. The van der Waals surface area contributed by atoms with E-state index in [0.29, 0.717) is 0 Å². The average Bonchev–Trinajstić information content (AvgIpc) is 3.53. The van der Waals surface area contributed by atoms with E-state index in [0.717, 1.165) is 32.8 Å². The molecule has 0 amide bonds. The molecule has 5 aromatic carbocycles. The second-order valence-electron chi connectivity index (χ2n) is 10.3. The van der Waals surface area contributed by atoms with Crippen LogP contribution in [0.15, 0.2) is 136 Å². The number of aromatic nitrogens is 1. The maximum atomic E-state index is 6.12. The van der Waals surface area contributed by atoms with Gasteiger partial charge in [-0.1, -0.05) is 101 Å². The lowest BCUT2D eigenvalue weighted by Gasteiger charge is -2.22. The van der Waals surface area contributed by atoms with Crippen LogP contribution >= 0.6 is 15.9 Å². The van der Waals surface area contributed by atoms with Gasteiger partial charge in [-0.3, -0.25) is 0 Å². The van der Waals surface area contributed by atoms with Gasteiger partial charge in [-0.25, -0.2) is 0 Å². The molecule has 0 saturated heterocycles. The lowest BCUT2D eigenvalue weighted by molar-refractivity contribution is 0.656. The highest BCUT2D eigenvalue weighted by Crippen LogP contribution is 2.40. The molecule has 2 nitrogen and oxygen atoms in total. The van der Waals surface area contributed by atoms with Crippen LogP contribution in [0.3, 0.4) is 0 Å². The van der Waals surface area contributed by atoms with E-state index in [1.807, 2.05) is 12.1 Å². The zero-order valence-electron chi connectivity index (χ0n) is 21.1. The lowest BCUT2D eigenvalue weighted by atomic mass is 9.94. The quantitative estimate of drug-likeness (QED) is 0.208. The van der Waals surface area contributed by atoms with Crippen LogP contribution in [-0.2, 0) is 0 Å². The Kier molecular flexibility index (Phi) is 5.14. The molecule has 0 N–H and O–H groups in total. The van der Waals surface area contributed by atoms with Crippen molar-refractivity contribution in [3.8, 4) is 11.1 Å². The van der Waals surface area contributed by atoms with Gasteiger partial charge in [0, 0.05) is 37.1 Å². The number of para-hydroxylation sites is 1. The van der Waals surface area contributed by atoms with Gasteiger partial charge >= 0.3 is 0 Å². The summed E-state index contributed by atoms with van der Waals surface area (Å²) in [5.74, 6) is 0. The molecule has 1 aliphatic rings. The summed E-state index contributed by atoms with van der Waals surface area (Å²) in [7, 11) is 0. The van der Waals surface area contributed by atoms with Crippen LogP contribution in [0, 0.1) is 0 Å². The third-order valence-electron chi connectivity index (χ3n) is 8.02. The van der Waals surface area contributed by atoms with Crippen LogP contribution in [-0.4, -0.2) is 4.57 Å². The zero-order chi connectivity index (χ0) is 25.9. The first-order chi connectivity index (χ1) is 19.2. The topological polar surface area (TPSA) is 18.1 Å². The predicted molar refractivity (Wildman–Crippen MR) is 167 cm³/mol. The van der Waals surface area contributed by atoms with Crippen molar-refractivity contribution in [2.45, 2.75) is 12.5 Å². The molecule has 8 rings (SSSR count). The Labute approximate surface area is 234 Å². The van der Waals surface area contributed by atoms with E-state index in [9.17, 15) is 0 Å². The van der Waals surface area contributed by atoms with Crippen molar-refractivity contribution in [2.75, 3.05) is 0 Å². The van der Waals surface area contributed by atoms with E-state index < -0.39 is 0 Å². The van der Waals surface area contributed by atoms with Crippen molar-refractivity contribution in [3.05, 3.63) is 137 Å². The number of halogens is 1. The van der Waals surface area contributed by atoms with E-state index in [4.69, 9.17) is 4.42 Å². The van der Waals surface area contributed by atoms with E-state index in [-0.39, 0.29) is 6.04 Å². The molecule has 0 aliphatic heterocycles. The van der Waals surface area contributed by atoms with E-state index in [1.165, 1.54) is 44.1 Å². The summed E-state index contributed by atoms with van der Waals surface area (Å²) in [5.41, 5.74) is 9.41. The second kappa shape index (κ2) is 8.86. The second-order valence-corrected chi connectivity index (χ2v) is 11.1. The SMILES string of the molecule is Brc1cccc2oc3ccc(-c4ccc5c(c4)c4ccccc4n5C4C=CC=C(c5ccccc5)C4)cc3c12. The van der Waals surface area contributed by atoms with Crippen LogP contribution in [0.1, 0.15) is 18.0 Å². The van der Waals surface area contributed by atoms with Crippen molar-refractivity contribution in [1.82, 2.24) is 4.57 Å². The molecule has 0 fully saturated rings. The summed E-state index contributed by atoms with van der Waals surface area (Å²) in [6.07, 6.45) is 7.77. The van der Waals surface area contributed by atoms with Crippen molar-refractivity contribution in [3.63, 3.8) is 0 Å². The van der Waals surface area contributed by atoms with Crippen LogP contribution < -0.4 is 0 Å². The molecule has 1 atom stereocenters. The molecule has 0 spiro atoms. The number of fused-ring (bicyclic) bond motifs is 6. The molecular weight excluding hydrogens is 542 g/mol. The van der Waals surface area contributed by atoms with Crippen molar-refractivity contribution < 1.29 is 4.42 Å². The highest BCUT2D eigenvalue weighted by atomic mass is 79.9. The Bertz CT molecular complexity index is 2110. The molecule has 0 bridgehead atoms. The molecule has 2 heterocycles. The summed E-state index contributed by atoms with van der Waals surface area (Å²) in [4.78, 5) is 0. The third-order valence-corrected chi connectivity index (χ3v) is 8.68. The first-order valence-corrected chi connectivity index (χ1v) is 14.1. The average molecular weight is 566 g/mol. The number of hydrogen-bond donors (Lipinski definition) is 0. The maximum Gasteiger partial charge on any atom is 0.136 e.